The van der Waals surface area contributed by atoms with Gasteiger partial charge in [0.2, 0.25) is 0 Å². The van der Waals surface area contributed by atoms with Crippen molar-refractivity contribution >= 4 is 10.1 Å². The zero-order chi connectivity index (χ0) is 15.9. The topological polar surface area (TPSA) is 83.8 Å². The summed E-state index contributed by atoms with van der Waals surface area (Å²) in [6.07, 6.45) is 0.990. The third-order valence-corrected chi connectivity index (χ3v) is 6.40. The zero-order valence-corrected chi connectivity index (χ0v) is 13.4. The maximum Gasteiger partial charge on any atom is 0.296 e. The molecule has 0 spiro atoms. The molecule has 0 unspecified atom stereocenters. The van der Waals surface area contributed by atoms with E-state index in [-0.39, 0.29) is 29.3 Å². The molecule has 0 radical (unpaired) electrons. The smallest absolute Gasteiger partial charge is 0.296 e. The summed E-state index contributed by atoms with van der Waals surface area (Å²) in [5, 5.41) is 20.0. The lowest BCUT2D eigenvalue weighted by Gasteiger charge is -2.48. The van der Waals surface area contributed by atoms with Gasteiger partial charge in [-0.1, -0.05) is 17.7 Å². The highest BCUT2D eigenvalue weighted by Gasteiger charge is 2.47. The number of aliphatic hydroxyl groups is 2. The zero-order valence-electron chi connectivity index (χ0n) is 12.6. The van der Waals surface area contributed by atoms with Crippen LogP contribution < -0.4 is 0 Å². The van der Waals surface area contributed by atoms with E-state index < -0.39 is 22.3 Å². The minimum atomic E-state index is -3.77. The lowest BCUT2D eigenvalue weighted by Crippen LogP contribution is -2.53. The minimum absolute atomic E-state index is 0.0163. The van der Waals surface area contributed by atoms with Crippen LogP contribution in [-0.4, -0.2) is 37.4 Å². The maximum atomic E-state index is 12.2. The van der Waals surface area contributed by atoms with E-state index in [0.717, 1.165) is 18.4 Å². The summed E-state index contributed by atoms with van der Waals surface area (Å²) in [7, 11) is -3.77. The number of aliphatic hydroxyl groups excluding tert-OH is 2. The number of rotatable bonds is 4. The van der Waals surface area contributed by atoms with Crippen molar-refractivity contribution in [3.8, 4) is 0 Å². The molecule has 0 aliphatic heterocycles. The fraction of sp³-hybridized carbons (Fsp3) is 0.625. The van der Waals surface area contributed by atoms with Gasteiger partial charge in [0, 0.05) is 0 Å². The van der Waals surface area contributed by atoms with Crippen molar-refractivity contribution in [3.63, 3.8) is 0 Å². The second kappa shape index (κ2) is 5.92. The van der Waals surface area contributed by atoms with Crippen LogP contribution in [0.3, 0.4) is 0 Å². The van der Waals surface area contributed by atoms with Crippen LogP contribution in [0.4, 0.5) is 0 Å². The molecule has 5 nitrogen and oxygen atoms in total. The minimum Gasteiger partial charge on any atom is -0.390 e. The van der Waals surface area contributed by atoms with Gasteiger partial charge in [0.05, 0.1) is 23.7 Å². The fourth-order valence-electron chi connectivity index (χ4n) is 3.76. The van der Waals surface area contributed by atoms with Gasteiger partial charge in [0.1, 0.15) is 0 Å². The van der Waals surface area contributed by atoms with Crippen LogP contribution in [0.5, 0.6) is 0 Å². The molecular formula is C16H22O5S. The van der Waals surface area contributed by atoms with Gasteiger partial charge in [-0.25, -0.2) is 0 Å². The Balaban J connectivity index is 1.66. The lowest BCUT2D eigenvalue weighted by atomic mass is 9.62. The number of aryl methyl sites for hydroxylation is 1. The van der Waals surface area contributed by atoms with E-state index in [1.807, 2.05) is 6.92 Å². The standard InChI is InChI=1S/C16H22O5S/c1-10-2-5-13(6-3-10)22(19,20)21-9-12-8-11-4-7-14(12)16(18)15(11)17/h2-3,5-6,11-12,14-18H,4,7-9H2,1H3/t11-,12-,14+,15+,16-/m1/s1. The molecule has 6 heteroatoms. The van der Waals surface area contributed by atoms with Crippen LogP contribution in [0.2, 0.25) is 0 Å². The van der Waals surface area contributed by atoms with E-state index in [4.69, 9.17) is 4.18 Å². The molecule has 5 atom stereocenters. The Bertz CT molecular complexity index is 622. The lowest BCUT2D eigenvalue weighted by molar-refractivity contribution is -0.137. The van der Waals surface area contributed by atoms with Crippen LogP contribution in [-0.2, 0) is 14.3 Å². The third kappa shape index (κ3) is 2.93. The molecule has 1 aromatic rings. The number of hydrogen-bond donors (Lipinski definition) is 2. The Labute approximate surface area is 131 Å². The monoisotopic (exact) mass is 326 g/mol. The van der Waals surface area contributed by atoms with Crippen LogP contribution in [0.25, 0.3) is 0 Å². The van der Waals surface area contributed by atoms with E-state index in [9.17, 15) is 18.6 Å². The molecule has 0 heterocycles. The largest absolute Gasteiger partial charge is 0.390 e. The first-order chi connectivity index (χ1) is 10.4. The molecule has 1 aromatic carbocycles. The van der Waals surface area contributed by atoms with E-state index in [1.165, 1.54) is 12.1 Å². The third-order valence-electron chi connectivity index (χ3n) is 5.10. The van der Waals surface area contributed by atoms with Gasteiger partial charge in [0.15, 0.2) is 0 Å². The summed E-state index contributed by atoms with van der Waals surface area (Å²) in [6, 6.07) is 6.55. The van der Waals surface area contributed by atoms with Crippen molar-refractivity contribution < 1.29 is 22.8 Å². The van der Waals surface area contributed by atoms with Crippen molar-refractivity contribution in [1.82, 2.24) is 0 Å². The summed E-state index contributed by atoms with van der Waals surface area (Å²) < 4.78 is 29.6. The van der Waals surface area contributed by atoms with E-state index in [0.29, 0.717) is 6.42 Å². The number of fused-ring (bicyclic) bond motifs is 3. The number of benzene rings is 1. The van der Waals surface area contributed by atoms with Crippen molar-refractivity contribution in [2.24, 2.45) is 17.8 Å². The summed E-state index contributed by atoms with van der Waals surface area (Å²) in [6.45, 7) is 1.96. The van der Waals surface area contributed by atoms with Gasteiger partial charge in [0.25, 0.3) is 10.1 Å². The molecule has 2 bridgehead atoms. The van der Waals surface area contributed by atoms with Crippen LogP contribution >= 0.6 is 0 Å². The molecule has 4 rings (SSSR count). The van der Waals surface area contributed by atoms with Gasteiger partial charge >= 0.3 is 0 Å². The molecule has 3 fully saturated rings. The molecule has 0 saturated heterocycles. The first-order valence-corrected chi connectivity index (χ1v) is 9.11. The van der Waals surface area contributed by atoms with Gasteiger partial charge in [-0.2, -0.15) is 8.42 Å². The Morgan fingerprint density at radius 2 is 1.82 bits per heavy atom. The van der Waals surface area contributed by atoms with E-state index >= 15 is 0 Å². The highest BCUT2D eigenvalue weighted by Crippen LogP contribution is 2.45. The predicted molar refractivity (Wildman–Crippen MR) is 80.7 cm³/mol. The molecule has 0 aromatic heterocycles. The SMILES string of the molecule is Cc1ccc(S(=O)(=O)OC[C@H]2C[C@H]3CC[C@@H]2[C@@H](O)[C@H]3O)cc1. The molecular weight excluding hydrogens is 304 g/mol. The van der Waals surface area contributed by atoms with Crippen LogP contribution in [0.1, 0.15) is 24.8 Å². The molecule has 3 aliphatic carbocycles. The molecule has 2 N–H and O–H groups in total. The normalized spacial score (nSPS) is 34.8. The predicted octanol–water partition coefficient (Wildman–Crippen LogP) is 1.47. The number of hydrogen-bond acceptors (Lipinski definition) is 5. The second-order valence-corrected chi connectivity index (χ2v) is 8.15. The Morgan fingerprint density at radius 3 is 2.45 bits per heavy atom. The first kappa shape index (κ1) is 15.9. The van der Waals surface area contributed by atoms with E-state index in [2.05, 4.69) is 0 Å². The average Bonchev–Trinajstić information content (AvgIpc) is 2.50. The second-order valence-electron chi connectivity index (χ2n) is 6.53. The Kier molecular flexibility index (Phi) is 4.29. The molecule has 3 aliphatic rings. The summed E-state index contributed by atoms with van der Waals surface area (Å²) >= 11 is 0. The van der Waals surface area contributed by atoms with Crippen molar-refractivity contribution in [3.05, 3.63) is 29.8 Å². The van der Waals surface area contributed by atoms with Crippen LogP contribution in [0, 0.1) is 24.7 Å². The van der Waals surface area contributed by atoms with Gasteiger partial charge in [-0.05, 0) is 56.1 Å². The molecule has 22 heavy (non-hydrogen) atoms. The highest BCUT2D eigenvalue weighted by atomic mass is 32.2. The molecule has 0 amide bonds. The summed E-state index contributed by atoms with van der Waals surface area (Å²) in [5.41, 5.74) is 0.987. The highest BCUT2D eigenvalue weighted by molar-refractivity contribution is 7.86. The first-order valence-electron chi connectivity index (χ1n) is 7.71. The van der Waals surface area contributed by atoms with Crippen molar-refractivity contribution in [1.29, 1.82) is 0 Å². The fourth-order valence-corrected chi connectivity index (χ4v) is 4.72. The molecule has 122 valence electrons. The van der Waals surface area contributed by atoms with Gasteiger partial charge < -0.3 is 10.2 Å². The molecule has 3 saturated carbocycles. The van der Waals surface area contributed by atoms with Crippen molar-refractivity contribution in [2.45, 2.75) is 43.3 Å². The average molecular weight is 326 g/mol. The Morgan fingerprint density at radius 1 is 1.14 bits per heavy atom. The quantitative estimate of drug-likeness (QED) is 0.819. The maximum absolute atomic E-state index is 12.2. The van der Waals surface area contributed by atoms with Gasteiger partial charge in [-0.15, -0.1) is 0 Å². The van der Waals surface area contributed by atoms with E-state index in [1.54, 1.807) is 12.1 Å². The van der Waals surface area contributed by atoms with Gasteiger partial charge in [-0.3, -0.25) is 4.18 Å². The summed E-state index contributed by atoms with van der Waals surface area (Å²) in [4.78, 5) is 0.152. The Hall–Kier alpha value is -0.950. The van der Waals surface area contributed by atoms with Crippen LogP contribution in [0.15, 0.2) is 29.2 Å². The summed E-state index contributed by atoms with van der Waals surface area (Å²) in [5.74, 6) is -0.0405. The van der Waals surface area contributed by atoms with Crippen molar-refractivity contribution in [2.75, 3.05) is 6.61 Å².